The molecular formula is C24H32BrN5O4. The van der Waals surface area contributed by atoms with Crippen molar-refractivity contribution in [2.75, 3.05) is 36.9 Å². The van der Waals surface area contributed by atoms with Gasteiger partial charge in [0.15, 0.2) is 5.82 Å². The van der Waals surface area contributed by atoms with Crippen LogP contribution in [0.25, 0.3) is 0 Å². The molecule has 0 atom stereocenters. The molecule has 0 radical (unpaired) electrons. The molecule has 2 aliphatic heterocycles. The van der Waals surface area contributed by atoms with E-state index >= 15 is 0 Å². The Morgan fingerprint density at radius 1 is 1.24 bits per heavy atom. The number of carbonyl (C=O) groups excluding carboxylic acids is 1. The Morgan fingerprint density at radius 2 is 1.94 bits per heavy atom. The molecule has 9 nitrogen and oxygen atoms in total. The molecule has 3 heterocycles. The Kier molecular flexibility index (Phi) is 7.30. The van der Waals surface area contributed by atoms with Gasteiger partial charge < -0.3 is 19.4 Å². The summed E-state index contributed by atoms with van der Waals surface area (Å²) in [6, 6.07) is 6.31. The lowest BCUT2D eigenvalue weighted by atomic mass is 9.87. The number of halogens is 1. The maximum atomic E-state index is 12.6. The number of nitrogens with zero attached hydrogens (tertiary/aromatic N) is 3. The smallest absolute Gasteiger partial charge is 0.412 e. The first-order chi connectivity index (χ1) is 16.1. The van der Waals surface area contributed by atoms with Gasteiger partial charge in [0, 0.05) is 24.6 Å². The number of ether oxygens (including phenoxy) is 2. The van der Waals surface area contributed by atoms with E-state index in [0.717, 1.165) is 44.7 Å². The largest absolute Gasteiger partial charge is 0.444 e. The molecule has 0 spiro atoms. The van der Waals surface area contributed by atoms with Crippen molar-refractivity contribution in [3.8, 4) is 0 Å². The number of hydrogen-bond donors (Lipinski definition) is 2. The van der Waals surface area contributed by atoms with E-state index in [0.29, 0.717) is 27.9 Å². The first-order valence-corrected chi connectivity index (χ1v) is 12.3. The number of rotatable bonds is 5. The van der Waals surface area contributed by atoms with E-state index < -0.39 is 11.7 Å². The molecule has 1 aromatic carbocycles. The van der Waals surface area contributed by atoms with Gasteiger partial charge >= 0.3 is 6.09 Å². The number of aromatic nitrogens is 2. The van der Waals surface area contributed by atoms with E-state index in [2.05, 4.69) is 36.4 Å². The normalized spacial score (nSPS) is 17.8. The van der Waals surface area contributed by atoms with Gasteiger partial charge in [0.25, 0.3) is 5.56 Å². The minimum absolute atomic E-state index is 0.198. The van der Waals surface area contributed by atoms with E-state index in [-0.39, 0.29) is 11.4 Å². The summed E-state index contributed by atoms with van der Waals surface area (Å²) in [6.07, 6.45) is 3.10. The molecule has 2 fully saturated rings. The van der Waals surface area contributed by atoms with Crippen LogP contribution < -0.4 is 16.2 Å². The molecule has 0 aliphatic carbocycles. The summed E-state index contributed by atoms with van der Waals surface area (Å²) in [5.41, 5.74) is 1.54. The first kappa shape index (κ1) is 24.7. The number of carbonyl (C=O) groups is 1. The van der Waals surface area contributed by atoms with E-state index in [1.165, 1.54) is 4.57 Å². The molecule has 1 aromatic heterocycles. The summed E-state index contributed by atoms with van der Waals surface area (Å²) < 4.78 is 12.8. The lowest BCUT2D eigenvalue weighted by Gasteiger charge is -2.41. The fraction of sp³-hybridized carbons (Fsp3) is 0.542. The monoisotopic (exact) mass is 533 g/mol. The summed E-state index contributed by atoms with van der Waals surface area (Å²) >= 11 is 3.33. The molecule has 2 aromatic rings. The predicted molar refractivity (Wildman–Crippen MR) is 135 cm³/mol. The van der Waals surface area contributed by atoms with Gasteiger partial charge in [0.2, 0.25) is 0 Å². The number of nitrogens with one attached hydrogen (secondary N) is 2. The highest BCUT2D eigenvalue weighted by Crippen LogP contribution is 2.36. The van der Waals surface area contributed by atoms with Crippen molar-refractivity contribution in [3.63, 3.8) is 0 Å². The van der Waals surface area contributed by atoms with E-state index in [4.69, 9.17) is 9.47 Å². The average Bonchev–Trinajstić information content (AvgIpc) is 2.70. The second-order valence-electron chi connectivity index (χ2n) is 9.88. The van der Waals surface area contributed by atoms with Crippen molar-refractivity contribution in [2.45, 2.75) is 51.2 Å². The number of benzene rings is 1. The highest BCUT2D eigenvalue weighted by molar-refractivity contribution is 9.10. The highest BCUT2D eigenvalue weighted by atomic mass is 79.9. The summed E-state index contributed by atoms with van der Waals surface area (Å²) in [5, 5.41) is 6.03. The molecule has 2 N–H and O–H groups in total. The molecular weight excluding hydrogens is 502 g/mol. The van der Waals surface area contributed by atoms with Crippen LogP contribution in [-0.2, 0) is 16.5 Å². The average molecular weight is 534 g/mol. The zero-order valence-corrected chi connectivity index (χ0v) is 21.6. The standard InChI is InChI=1S/C24H32BrN5O4/c1-24(2,3)34-23(32)27-19-11-16(26-21-22(31)29(4)12-20(25)28-21)5-6-18(19)15-7-9-30(10-8-15)17-13-33-14-17/h5-6,11-12,15,17H,7-10,13-14H2,1-4H3,(H,26,28)(H,27,32). The Bertz CT molecular complexity index is 1100. The maximum Gasteiger partial charge on any atom is 0.412 e. The molecule has 0 saturated carbocycles. The second kappa shape index (κ2) is 10.1. The van der Waals surface area contributed by atoms with Crippen LogP contribution in [0.15, 0.2) is 33.8 Å². The highest BCUT2D eigenvalue weighted by Gasteiger charge is 2.31. The molecule has 1 amide bonds. The molecule has 4 rings (SSSR count). The zero-order valence-electron chi connectivity index (χ0n) is 20.1. The Hall–Kier alpha value is -2.43. The molecule has 0 bridgehead atoms. The van der Waals surface area contributed by atoms with E-state index in [9.17, 15) is 9.59 Å². The van der Waals surface area contributed by atoms with Gasteiger partial charge in [-0.1, -0.05) is 6.07 Å². The first-order valence-electron chi connectivity index (χ1n) is 11.5. The zero-order chi connectivity index (χ0) is 24.5. The van der Waals surface area contributed by atoms with Crippen molar-refractivity contribution >= 4 is 39.2 Å². The van der Waals surface area contributed by atoms with Crippen molar-refractivity contribution in [1.82, 2.24) is 14.5 Å². The van der Waals surface area contributed by atoms with Crippen LogP contribution >= 0.6 is 15.9 Å². The molecule has 2 saturated heterocycles. The number of amides is 1. The van der Waals surface area contributed by atoms with Gasteiger partial charge in [-0.2, -0.15) is 0 Å². The number of piperidine rings is 1. The summed E-state index contributed by atoms with van der Waals surface area (Å²) in [6.45, 7) is 9.14. The van der Waals surface area contributed by atoms with Gasteiger partial charge in [-0.05, 0) is 86.2 Å². The lowest BCUT2D eigenvalue weighted by Crippen LogP contribution is -2.51. The number of likely N-dealkylation sites (tertiary alicyclic amines) is 1. The van der Waals surface area contributed by atoms with Gasteiger partial charge in [-0.25, -0.2) is 9.78 Å². The van der Waals surface area contributed by atoms with Gasteiger partial charge in [-0.15, -0.1) is 0 Å². The summed E-state index contributed by atoms with van der Waals surface area (Å²) in [7, 11) is 1.67. The maximum absolute atomic E-state index is 12.6. The van der Waals surface area contributed by atoms with Crippen LogP contribution in [0.1, 0.15) is 45.1 Å². The predicted octanol–water partition coefficient (Wildman–Crippen LogP) is 4.21. The van der Waals surface area contributed by atoms with Crippen molar-refractivity contribution < 1.29 is 14.3 Å². The van der Waals surface area contributed by atoms with E-state index in [1.54, 1.807) is 13.2 Å². The number of aryl methyl sites for hydroxylation is 1. The number of hydrogen-bond acceptors (Lipinski definition) is 7. The fourth-order valence-corrected chi connectivity index (χ4v) is 4.79. The van der Waals surface area contributed by atoms with Crippen molar-refractivity contribution in [1.29, 1.82) is 0 Å². The molecule has 184 valence electrons. The van der Waals surface area contributed by atoms with Crippen molar-refractivity contribution in [3.05, 3.63) is 44.9 Å². The van der Waals surface area contributed by atoms with Crippen LogP contribution in [0.3, 0.4) is 0 Å². The van der Waals surface area contributed by atoms with Crippen molar-refractivity contribution in [2.24, 2.45) is 7.05 Å². The topological polar surface area (TPSA) is 97.7 Å². The molecule has 34 heavy (non-hydrogen) atoms. The van der Waals surface area contributed by atoms with Gasteiger partial charge in [0.1, 0.15) is 10.2 Å². The van der Waals surface area contributed by atoms with Crippen LogP contribution in [0.5, 0.6) is 0 Å². The van der Waals surface area contributed by atoms with Crippen LogP contribution in [0.2, 0.25) is 0 Å². The molecule has 0 unspecified atom stereocenters. The van der Waals surface area contributed by atoms with Gasteiger partial charge in [0.05, 0.1) is 19.3 Å². The second-order valence-corrected chi connectivity index (χ2v) is 10.7. The Labute approximate surface area is 208 Å². The third kappa shape index (κ3) is 5.97. The minimum Gasteiger partial charge on any atom is -0.444 e. The van der Waals surface area contributed by atoms with Crippen LogP contribution in [-0.4, -0.2) is 58.5 Å². The molecule has 2 aliphatic rings. The third-order valence-corrected chi connectivity index (χ3v) is 6.48. The summed E-state index contributed by atoms with van der Waals surface area (Å²) in [5.74, 6) is 0.511. The Balaban J connectivity index is 1.58. The fourth-order valence-electron chi connectivity index (χ4n) is 4.31. The number of anilines is 3. The minimum atomic E-state index is -0.608. The van der Waals surface area contributed by atoms with E-state index in [1.807, 2.05) is 39.0 Å². The third-order valence-electron chi connectivity index (χ3n) is 6.10. The Morgan fingerprint density at radius 3 is 2.56 bits per heavy atom. The quantitative estimate of drug-likeness (QED) is 0.593. The van der Waals surface area contributed by atoms with Crippen LogP contribution in [0.4, 0.5) is 22.0 Å². The van der Waals surface area contributed by atoms with Gasteiger partial charge in [-0.3, -0.25) is 15.0 Å². The van der Waals surface area contributed by atoms with Crippen LogP contribution in [0, 0.1) is 0 Å². The SMILES string of the molecule is Cn1cc(Br)nc(Nc2ccc(C3CCN(C4COC4)CC3)c(NC(=O)OC(C)(C)C)c2)c1=O. The summed E-state index contributed by atoms with van der Waals surface area (Å²) in [4.78, 5) is 31.9. The molecule has 10 heteroatoms. The lowest BCUT2D eigenvalue weighted by molar-refractivity contribution is -0.0712.